The van der Waals surface area contributed by atoms with E-state index in [1.807, 2.05) is 36.4 Å². The Morgan fingerprint density at radius 1 is 1.08 bits per heavy atom. The second-order valence-electron chi connectivity index (χ2n) is 2.37. The maximum atomic E-state index is 5.94. The van der Waals surface area contributed by atoms with Gasteiger partial charge in [0.15, 0.2) is 0 Å². The molecule has 54 valence electrons. The molecule has 2 rings (SSSR count). The molecule has 0 amide bonds. The van der Waals surface area contributed by atoms with E-state index >= 15 is 0 Å². The van der Waals surface area contributed by atoms with Crippen molar-refractivity contribution in [3.05, 3.63) is 47.5 Å². The Hall–Kier alpha value is -0.413. The SMILES string of the molecule is Clc1cc[c-]c2ccccc12.[Li+]. The summed E-state index contributed by atoms with van der Waals surface area (Å²) in [6.07, 6.45) is 0. The normalized spacial score (nSPS) is 9.42. The van der Waals surface area contributed by atoms with Crippen molar-refractivity contribution in [3.63, 3.8) is 0 Å². The van der Waals surface area contributed by atoms with Crippen LogP contribution in [0.5, 0.6) is 0 Å². The van der Waals surface area contributed by atoms with Gasteiger partial charge in [0, 0.05) is 0 Å². The van der Waals surface area contributed by atoms with Crippen LogP contribution in [0.3, 0.4) is 0 Å². The zero-order chi connectivity index (χ0) is 7.68. The van der Waals surface area contributed by atoms with Gasteiger partial charge in [0.1, 0.15) is 0 Å². The predicted octanol–water partition coefficient (Wildman–Crippen LogP) is 0.297. The molecule has 0 bridgehead atoms. The van der Waals surface area contributed by atoms with Gasteiger partial charge in [-0.2, -0.15) is 0 Å². The molecule has 0 saturated heterocycles. The third kappa shape index (κ3) is 1.67. The summed E-state index contributed by atoms with van der Waals surface area (Å²) in [6, 6.07) is 14.7. The van der Waals surface area contributed by atoms with E-state index in [0.29, 0.717) is 0 Å². The van der Waals surface area contributed by atoms with E-state index in [2.05, 4.69) is 6.07 Å². The van der Waals surface area contributed by atoms with Gasteiger partial charge in [-0.25, -0.2) is 0 Å². The molecule has 0 N–H and O–H groups in total. The number of fused-ring (bicyclic) bond motifs is 1. The van der Waals surface area contributed by atoms with Crippen LogP contribution in [0.2, 0.25) is 5.02 Å². The van der Waals surface area contributed by atoms with Crippen molar-refractivity contribution in [1.29, 1.82) is 0 Å². The molecule has 0 spiro atoms. The second kappa shape index (κ2) is 4.01. The van der Waals surface area contributed by atoms with E-state index in [-0.39, 0.29) is 18.9 Å². The third-order valence-electron chi connectivity index (χ3n) is 1.65. The topological polar surface area (TPSA) is 0 Å². The zero-order valence-corrected chi connectivity index (χ0v) is 7.60. The minimum Gasteiger partial charge on any atom is -0.145 e. The van der Waals surface area contributed by atoms with E-state index in [1.165, 1.54) is 0 Å². The van der Waals surface area contributed by atoms with E-state index in [0.717, 1.165) is 15.8 Å². The van der Waals surface area contributed by atoms with Gasteiger partial charge in [0.2, 0.25) is 0 Å². The van der Waals surface area contributed by atoms with Crippen LogP contribution in [0.15, 0.2) is 36.4 Å². The zero-order valence-electron chi connectivity index (χ0n) is 6.84. The maximum absolute atomic E-state index is 5.94. The van der Waals surface area contributed by atoms with Gasteiger partial charge in [-0.15, -0.1) is 47.3 Å². The van der Waals surface area contributed by atoms with E-state index in [1.54, 1.807) is 0 Å². The smallest absolute Gasteiger partial charge is 0.145 e. The Balaban J connectivity index is 0.000000720. The van der Waals surface area contributed by atoms with Gasteiger partial charge in [0.25, 0.3) is 0 Å². The van der Waals surface area contributed by atoms with Gasteiger partial charge in [-0.3, -0.25) is 0 Å². The molecule has 0 saturated carbocycles. The average Bonchev–Trinajstić information content (AvgIpc) is 2.06. The number of hydrogen-bond donors (Lipinski definition) is 0. The first-order chi connectivity index (χ1) is 5.38. The van der Waals surface area contributed by atoms with Crippen molar-refractivity contribution < 1.29 is 18.9 Å². The maximum Gasteiger partial charge on any atom is 1.00 e. The molecule has 0 nitrogen and oxygen atoms in total. The summed E-state index contributed by atoms with van der Waals surface area (Å²) in [4.78, 5) is 0. The number of benzene rings is 2. The average molecular weight is 169 g/mol. The Morgan fingerprint density at radius 2 is 1.83 bits per heavy atom. The largest absolute Gasteiger partial charge is 1.00 e. The predicted molar refractivity (Wildman–Crippen MR) is 47.8 cm³/mol. The van der Waals surface area contributed by atoms with Crippen molar-refractivity contribution in [3.8, 4) is 0 Å². The second-order valence-corrected chi connectivity index (χ2v) is 2.78. The molecule has 0 aliphatic rings. The molecule has 2 aromatic carbocycles. The van der Waals surface area contributed by atoms with Crippen molar-refractivity contribution >= 4 is 22.4 Å². The molecule has 0 unspecified atom stereocenters. The van der Waals surface area contributed by atoms with Gasteiger partial charge >= 0.3 is 18.9 Å². The minimum absolute atomic E-state index is 0. The van der Waals surface area contributed by atoms with Crippen LogP contribution in [-0.2, 0) is 0 Å². The fourth-order valence-corrected chi connectivity index (χ4v) is 1.34. The van der Waals surface area contributed by atoms with Crippen LogP contribution >= 0.6 is 11.6 Å². The summed E-state index contributed by atoms with van der Waals surface area (Å²) in [5.74, 6) is 0. The van der Waals surface area contributed by atoms with Gasteiger partial charge < -0.3 is 0 Å². The molecule has 0 heterocycles. The molecule has 0 aromatic heterocycles. The van der Waals surface area contributed by atoms with Crippen molar-refractivity contribution in [1.82, 2.24) is 0 Å². The summed E-state index contributed by atoms with van der Waals surface area (Å²) < 4.78 is 0. The summed E-state index contributed by atoms with van der Waals surface area (Å²) in [5, 5.41) is 2.93. The summed E-state index contributed by atoms with van der Waals surface area (Å²) in [7, 11) is 0. The van der Waals surface area contributed by atoms with Crippen LogP contribution in [0.1, 0.15) is 0 Å². The molecule has 0 aliphatic carbocycles. The van der Waals surface area contributed by atoms with Crippen LogP contribution in [0.25, 0.3) is 10.8 Å². The molecule has 2 aromatic rings. The Bertz CT molecular complexity index is 379. The number of rotatable bonds is 0. The van der Waals surface area contributed by atoms with Gasteiger partial charge in [-0.05, 0) is 5.02 Å². The molecule has 0 atom stereocenters. The molecular formula is C10H6ClLi. The fourth-order valence-electron chi connectivity index (χ4n) is 1.11. The van der Waals surface area contributed by atoms with E-state index in [9.17, 15) is 0 Å². The Kier molecular flexibility index (Phi) is 3.23. The molecule has 0 aliphatic heterocycles. The number of hydrogen-bond acceptors (Lipinski definition) is 0. The van der Waals surface area contributed by atoms with Gasteiger partial charge in [0.05, 0.1) is 0 Å². The molecule has 0 radical (unpaired) electrons. The monoisotopic (exact) mass is 168 g/mol. The summed E-state index contributed by atoms with van der Waals surface area (Å²) in [5.41, 5.74) is 0. The first kappa shape index (κ1) is 9.67. The van der Waals surface area contributed by atoms with Crippen molar-refractivity contribution in [2.24, 2.45) is 0 Å². The summed E-state index contributed by atoms with van der Waals surface area (Å²) in [6.45, 7) is 0. The Morgan fingerprint density at radius 3 is 2.58 bits per heavy atom. The van der Waals surface area contributed by atoms with Crippen LogP contribution < -0.4 is 18.9 Å². The number of halogens is 1. The van der Waals surface area contributed by atoms with Crippen LogP contribution in [0, 0.1) is 6.07 Å². The van der Waals surface area contributed by atoms with Crippen LogP contribution in [-0.4, -0.2) is 0 Å². The van der Waals surface area contributed by atoms with Crippen molar-refractivity contribution in [2.45, 2.75) is 0 Å². The molecule has 12 heavy (non-hydrogen) atoms. The standard InChI is InChI=1S/C10H6Cl.Li/c11-10-7-3-5-8-4-1-2-6-9(8)10;/h1-4,6-7H;/q-1;+1. The fraction of sp³-hybridized carbons (Fsp3) is 0. The quantitative estimate of drug-likeness (QED) is 0.392. The molecular weight excluding hydrogens is 163 g/mol. The third-order valence-corrected chi connectivity index (χ3v) is 1.98. The van der Waals surface area contributed by atoms with Crippen molar-refractivity contribution in [2.75, 3.05) is 0 Å². The minimum atomic E-state index is 0. The molecule has 0 fully saturated rings. The summed E-state index contributed by atoms with van der Waals surface area (Å²) >= 11 is 5.94. The Labute approximate surface area is 88.7 Å². The molecule has 2 heteroatoms. The van der Waals surface area contributed by atoms with E-state index in [4.69, 9.17) is 11.6 Å². The first-order valence-electron chi connectivity index (χ1n) is 3.43. The van der Waals surface area contributed by atoms with E-state index < -0.39 is 0 Å². The van der Waals surface area contributed by atoms with Crippen LogP contribution in [0.4, 0.5) is 0 Å². The first-order valence-corrected chi connectivity index (χ1v) is 3.80. The van der Waals surface area contributed by atoms with Gasteiger partial charge in [-0.1, -0.05) is 17.5 Å².